The fourth-order valence-electron chi connectivity index (χ4n) is 2.18. The molecule has 0 fully saturated rings. The van der Waals surface area contributed by atoms with Crippen LogP contribution in [0.1, 0.15) is 41.4 Å². The molecule has 4 N–H and O–H groups in total. The van der Waals surface area contributed by atoms with Crippen LogP contribution in [0.5, 0.6) is 0 Å². The molecule has 0 saturated carbocycles. The van der Waals surface area contributed by atoms with Crippen LogP contribution in [-0.4, -0.2) is 44.3 Å². The highest BCUT2D eigenvalue weighted by Crippen LogP contribution is 2.27. The van der Waals surface area contributed by atoms with Crippen LogP contribution < -0.4 is 0 Å². The molecule has 0 atom stereocenters. The molecule has 0 aliphatic rings. The Labute approximate surface area is 134 Å². The van der Waals surface area contributed by atoms with Crippen molar-refractivity contribution in [2.75, 3.05) is 0 Å². The second-order valence-electron chi connectivity index (χ2n) is 4.74. The van der Waals surface area contributed by atoms with Crippen LogP contribution in [-0.2, 0) is 0 Å². The van der Waals surface area contributed by atoms with E-state index >= 15 is 0 Å². The Kier molecular flexibility index (Phi) is 4.32. The van der Waals surface area contributed by atoms with E-state index in [2.05, 4.69) is 0 Å². The van der Waals surface area contributed by atoms with Gasteiger partial charge in [-0.15, -0.1) is 0 Å². The van der Waals surface area contributed by atoms with E-state index in [1.54, 1.807) is 0 Å². The number of carbonyl (C=O) groups is 4. The van der Waals surface area contributed by atoms with Crippen molar-refractivity contribution in [3.05, 3.63) is 58.7 Å². The van der Waals surface area contributed by atoms with E-state index in [1.807, 2.05) is 0 Å². The second-order valence-corrected chi connectivity index (χ2v) is 4.74. The van der Waals surface area contributed by atoms with Gasteiger partial charge in [-0.1, -0.05) is 12.1 Å². The summed E-state index contributed by atoms with van der Waals surface area (Å²) in [5.74, 6) is -5.62. The summed E-state index contributed by atoms with van der Waals surface area (Å²) in [6, 6.07) is 6.71. The molecule has 2 aromatic rings. The molecule has 0 bridgehead atoms. The number of carboxylic acids is 4. The van der Waals surface area contributed by atoms with Gasteiger partial charge in [0, 0.05) is 0 Å². The number of benzene rings is 2. The predicted molar refractivity (Wildman–Crippen MR) is 79.7 cm³/mol. The molecule has 0 aliphatic carbocycles. The van der Waals surface area contributed by atoms with Crippen molar-refractivity contribution >= 4 is 23.9 Å². The van der Waals surface area contributed by atoms with Crippen molar-refractivity contribution < 1.29 is 39.6 Å². The Morgan fingerprint density at radius 3 is 1.67 bits per heavy atom. The molecule has 0 heterocycles. The van der Waals surface area contributed by atoms with Gasteiger partial charge in [-0.05, 0) is 35.4 Å². The lowest BCUT2D eigenvalue weighted by Crippen LogP contribution is -2.09. The molecule has 0 unspecified atom stereocenters. The number of aromatic carboxylic acids is 4. The van der Waals surface area contributed by atoms with E-state index in [1.165, 1.54) is 18.2 Å². The van der Waals surface area contributed by atoms with Gasteiger partial charge < -0.3 is 20.4 Å². The summed E-state index contributed by atoms with van der Waals surface area (Å²) in [6.45, 7) is 0. The molecular formula is C16H10O8. The minimum Gasteiger partial charge on any atom is -0.478 e. The topological polar surface area (TPSA) is 149 Å². The van der Waals surface area contributed by atoms with Crippen molar-refractivity contribution in [3.63, 3.8) is 0 Å². The lowest BCUT2D eigenvalue weighted by molar-refractivity contribution is 0.0651. The van der Waals surface area contributed by atoms with Gasteiger partial charge in [-0.3, -0.25) is 0 Å². The highest BCUT2D eigenvalue weighted by Gasteiger charge is 2.20. The zero-order chi connectivity index (χ0) is 18.0. The van der Waals surface area contributed by atoms with Crippen molar-refractivity contribution in [1.29, 1.82) is 0 Å². The van der Waals surface area contributed by atoms with Crippen LogP contribution >= 0.6 is 0 Å². The maximum atomic E-state index is 11.4. The van der Waals surface area contributed by atoms with E-state index in [9.17, 15) is 24.3 Å². The third-order valence-electron chi connectivity index (χ3n) is 3.29. The summed E-state index contributed by atoms with van der Waals surface area (Å²) in [5, 5.41) is 36.3. The third kappa shape index (κ3) is 3.07. The smallest absolute Gasteiger partial charge is 0.336 e. The Morgan fingerprint density at radius 2 is 1.17 bits per heavy atom. The Balaban J connectivity index is 2.70. The van der Waals surface area contributed by atoms with E-state index in [-0.39, 0.29) is 22.3 Å². The van der Waals surface area contributed by atoms with Gasteiger partial charge in [-0.25, -0.2) is 19.2 Å². The van der Waals surface area contributed by atoms with Crippen molar-refractivity contribution in [3.8, 4) is 11.1 Å². The number of rotatable bonds is 5. The number of hydrogen-bond donors (Lipinski definition) is 4. The predicted octanol–water partition coefficient (Wildman–Crippen LogP) is 2.15. The monoisotopic (exact) mass is 330 g/mol. The van der Waals surface area contributed by atoms with E-state index in [4.69, 9.17) is 15.3 Å². The molecule has 0 aromatic heterocycles. The molecule has 24 heavy (non-hydrogen) atoms. The average molecular weight is 330 g/mol. The molecule has 0 saturated heterocycles. The van der Waals surface area contributed by atoms with Gasteiger partial charge in [0.15, 0.2) is 0 Å². The van der Waals surface area contributed by atoms with E-state index in [0.717, 1.165) is 18.2 Å². The fourth-order valence-corrected chi connectivity index (χ4v) is 2.18. The van der Waals surface area contributed by atoms with Gasteiger partial charge in [0.1, 0.15) is 0 Å². The van der Waals surface area contributed by atoms with Crippen LogP contribution in [0.25, 0.3) is 11.1 Å². The summed E-state index contributed by atoms with van der Waals surface area (Å²) >= 11 is 0. The van der Waals surface area contributed by atoms with Gasteiger partial charge in [0.2, 0.25) is 0 Å². The van der Waals surface area contributed by atoms with Crippen LogP contribution in [0.2, 0.25) is 0 Å². The van der Waals surface area contributed by atoms with Crippen molar-refractivity contribution in [2.24, 2.45) is 0 Å². The van der Waals surface area contributed by atoms with Crippen LogP contribution in [0.3, 0.4) is 0 Å². The van der Waals surface area contributed by atoms with Crippen molar-refractivity contribution in [2.45, 2.75) is 0 Å². The number of carboxylic acid groups (broad SMARTS) is 4. The Morgan fingerprint density at radius 1 is 0.583 bits per heavy atom. The maximum absolute atomic E-state index is 11.4. The lowest BCUT2D eigenvalue weighted by Gasteiger charge is -2.10. The normalized spacial score (nSPS) is 10.2. The van der Waals surface area contributed by atoms with E-state index in [0.29, 0.717) is 0 Å². The summed E-state index contributed by atoms with van der Waals surface area (Å²) in [5.41, 5.74) is -1.30. The summed E-state index contributed by atoms with van der Waals surface area (Å²) in [4.78, 5) is 44.6. The van der Waals surface area contributed by atoms with Gasteiger partial charge in [-0.2, -0.15) is 0 Å². The molecule has 8 nitrogen and oxygen atoms in total. The Bertz CT molecular complexity index is 882. The first-order chi connectivity index (χ1) is 11.2. The van der Waals surface area contributed by atoms with Crippen LogP contribution in [0.15, 0.2) is 36.4 Å². The molecule has 0 spiro atoms. The molecule has 0 amide bonds. The quantitative estimate of drug-likeness (QED) is 0.651. The van der Waals surface area contributed by atoms with Gasteiger partial charge in [0.25, 0.3) is 0 Å². The maximum Gasteiger partial charge on any atom is 0.336 e. The molecule has 2 aromatic carbocycles. The van der Waals surface area contributed by atoms with Gasteiger partial charge in [0.05, 0.1) is 22.3 Å². The molecule has 122 valence electrons. The minimum atomic E-state index is -1.48. The molecule has 2 rings (SSSR count). The van der Waals surface area contributed by atoms with Crippen LogP contribution in [0.4, 0.5) is 0 Å². The molecule has 0 radical (unpaired) electrons. The highest BCUT2D eigenvalue weighted by molar-refractivity contribution is 6.04. The fraction of sp³-hybridized carbons (Fsp3) is 0. The Hall–Kier alpha value is -3.68. The molecular weight excluding hydrogens is 320 g/mol. The number of hydrogen-bond acceptors (Lipinski definition) is 4. The first kappa shape index (κ1) is 16.7. The van der Waals surface area contributed by atoms with E-state index < -0.39 is 35.0 Å². The largest absolute Gasteiger partial charge is 0.478 e. The van der Waals surface area contributed by atoms with Crippen molar-refractivity contribution in [1.82, 2.24) is 0 Å². The minimum absolute atomic E-state index is 0.0759. The first-order valence-corrected chi connectivity index (χ1v) is 6.44. The standard InChI is InChI=1S/C16H10O8/c17-13(18)8-2-3-9(11(6-8)15(21)22)7-1-4-10(14(19)20)12(5-7)16(23)24/h1-6H,(H,17,18)(H,19,20)(H,21,22)(H,23,24). The summed E-state index contributed by atoms with van der Waals surface area (Å²) in [6.07, 6.45) is 0. The summed E-state index contributed by atoms with van der Waals surface area (Å²) < 4.78 is 0. The molecule has 0 aliphatic heterocycles. The van der Waals surface area contributed by atoms with Crippen LogP contribution in [0, 0.1) is 0 Å². The average Bonchev–Trinajstić information content (AvgIpc) is 2.53. The second kappa shape index (κ2) is 6.21. The SMILES string of the molecule is O=C(O)c1ccc(-c2ccc(C(=O)O)c(C(=O)O)c2)c(C(=O)O)c1. The third-order valence-corrected chi connectivity index (χ3v) is 3.29. The highest BCUT2D eigenvalue weighted by atomic mass is 16.4. The zero-order valence-electron chi connectivity index (χ0n) is 11.9. The molecule has 8 heteroatoms. The zero-order valence-corrected chi connectivity index (χ0v) is 11.9. The lowest BCUT2D eigenvalue weighted by atomic mass is 9.94. The summed E-state index contributed by atoms with van der Waals surface area (Å²) in [7, 11) is 0. The first-order valence-electron chi connectivity index (χ1n) is 6.44. The van der Waals surface area contributed by atoms with Gasteiger partial charge >= 0.3 is 23.9 Å².